The van der Waals surface area contributed by atoms with Gasteiger partial charge in [0.1, 0.15) is 0 Å². The van der Waals surface area contributed by atoms with Crippen molar-refractivity contribution in [1.29, 1.82) is 0 Å². The Morgan fingerprint density at radius 2 is 1.64 bits per heavy atom. The van der Waals surface area contributed by atoms with Crippen molar-refractivity contribution in [3.8, 4) is 0 Å². The van der Waals surface area contributed by atoms with Crippen molar-refractivity contribution in [2.45, 2.75) is 45.2 Å². The summed E-state index contributed by atoms with van der Waals surface area (Å²) in [4.78, 5) is 14.6. The van der Waals surface area contributed by atoms with Crippen LogP contribution in [0.2, 0.25) is 0 Å². The van der Waals surface area contributed by atoms with Crippen LogP contribution >= 0.6 is 0 Å². The molecule has 0 atom stereocenters. The predicted octanol–water partition coefficient (Wildman–Crippen LogP) is 3.98. The molecule has 3 rings (SSSR count). The van der Waals surface area contributed by atoms with E-state index in [1.807, 2.05) is 43.1 Å². The van der Waals surface area contributed by atoms with Gasteiger partial charge >= 0.3 is 0 Å². The molecule has 2 aromatic rings. The van der Waals surface area contributed by atoms with Crippen LogP contribution in [0.25, 0.3) is 0 Å². The summed E-state index contributed by atoms with van der Waals surface area (Å²) in [6, 6.07) is 14.9. The van der Waals surface area contributed by atoms with Gasteiger partial charge in [-0.05, 0) is 55.2 Å². The highest BCUT2D eigenvalue weighted by Gasteiger charge is 2.25. The average Bonchev–Trinajstić information content (AvgIpc) is 3.20. The van der Waals surface area contributed by atoms with Crippen molar-refractivity contribution in [2.24, 2.45) is 0 Å². The maximum Gasteiger partial charge on any atom is 0.253 e. The zero-order valence-corrected chi connectivity index (χ0v) is 17.6. The lowest BCUT2D eigenvalue weighted by Crippen LogP contribution is -2.35. The summed E-state index contributed by atoms with van der Waals surface area (Å²) in [5.41, 5.74) is 3.14. The molecule has 0 unspecified atom stereocenters. The third kappa shape index (κ3) is 4.55. The number of nitrogens with zero attached hydrogens (tertiary/aromatic N) is 2. The van der Waals surface area contributed by atoms with Crippen LogP contribution in [0.1, 0.15) is 47.2 Å². The molecule has 2 aromatic carbocycles. The van der Waals surface area contributed by atoms with E-state index in [-0.39, 0.29) is 12.5 Å². The van der Waals surface area contributed by atoms with E-state index < -0.39 is 10.0 Å². The maximum absolute atomic E-state index is 12.7. The van der Waals surface area contributed by atoms with Crippen LogP contribution in [0.3, 0.4) is 0 Å². The summed E-state index contributed by atoms with van der Waals surface area (Å²) in [5.74, 6) is -0.0109. The van der Waals surface area contributed by atoms with Gasteiger partial charge in [0.2, 0.25) is 10.0 Å². The molecule has 0 bridgehead atoms. The number of rotatable bonds is 6. The highest BCUT2D eigenvalue weighted by molar-refractivity contribution is 7.92. The third-order valence-electron chi connectivity index (χ3n) is 5.57. The second-order valence-corrected chi connectivity index (χ2v) is 9.50. The molecule has 6 heteroatoms. The fraction of sp³-hybridized carbons (Fsp3) is 0.409. The van der Waals surface area contributed by atoms with Gasteiger partial charge in [-0.2, -0.15) is 0 Å². The van der Waals surface area contributed by atoms with Crippen molar-refractivity contribution in [3.05, 3.63) is 65.2 Å². The first-order valence-electron chi connectivity index (χ1n) is 9.67. The molecule has 0 saturated heterocycles. The molecule has 0 spiro atoms. The first-order chi connectivity index (χ1) is 13.3. The van der Waals surface area contributed by atoms with Gasteiger partial charge in [-0.25, -0.2) is 8.42 Å². The van der Waals surface area contributed by atoms with Gasteiger partial charge in [-0.1, -0.05) is 37.1 Å². The molecule has 0 N–H and O–H groups in total. The first-order valence-corrected chi connectivity index (χ1v) is 11.5. The van der Waals surface area contributed by atoms with E-state index in [1.54, 1.807) is 24.3 Å². The van der Waals surface area contributed by atoms with Crippen LogP contribution in [0.4, 0.5) is 5.69 Å². The Bertz CT molecular complexity index is 933. The lowest BCUT2D eigenvalue weighted by Gasteiger charge is -2.25. The molecule has 0 aromatic heterocycles. The molecule has 0 radical (unpaired) electrons. The van der Waals surface area contributed by atoms with Crippen LogP contribution in [-0.4, -0.2) is 38.6 Å². The molecule has 1 fully saturated rings. The van der Waals surface area contributed by atoms with E-state index in [9.17, 15) is 13.2 Å². The summed E-state index contributed by atoms with van der Waals surface area (Å²) in [5, 5.41) is 0. The van der Waals surface area contributed by atoms with Gasteiger partial charge in [0.25, 0.3) is 5.91 Å². The van der Waals surface area contributed by atoms with Crippen molar-refractivity contribution in [1.82, 2.24) is 4.90 Å². The minimum absolute atomic E-state index is 0.0109. The number of amides is 1. The second-order valence-electron chi connectivity index (χ2n) is 7.60. The summed E-state index contributed by atoms with van der Waals surface area (Å²) >= 11 is 0. The monoisotopic (exact) mass is 400 g/mol. The standard InChI is InChI=1S/C22H28N2O3S/c1-17-8-4-5-9-19(17)16-24(28(3,26)27)21-14-12-18(13-15-21)22(25)23(2)20-10-6-7-11-20/h4-5,8-9,12-15,20H,6-7,10-11,16H2,1-3H3. The summed E-state index contributed by atoms with van der Waals surface area (Å²) in [6.45, 7) is 2.23. The molecule has 1 aliphatic rings. The zero-order valence-electron chi connectivity index (χ0n) is 16.8. The highest BCUT2D eigenvalue weighted by atomic mass is 32.2. The third-order valence-corrected chi connectivity index (χ3v) is 6.71. The Balaban J connectivity index is 1.82. The van der Waals surface area contributed by atoms with Crippen LogP contribution in [0, 0.1) is 6.92 Å². The van der Waals surface area contributed by atoms with E-state index >= 15 is 0 Å². The Morgan fingerprint density at radius 3 is 2.21 bits per heavy atom. The molecule has 0 aliphatic heterocycles. The number of hydrogen-bond acceptors (Lipinski definition) is 3. The van der Waals surface area contributed by atoms with Crippen LogP contribution in [-0.2, 0) is 16.6 Å². The van der Waals surface area contributed by atoms with Crippen molar-refractivity contribution < 1.29 is 13.2 Å². The fourth-order valence-corrected chi connectivity index (χ4v) is 4.65. The molecule has 1 aliphatic carbocycles. The fourth-order valence-electron chi connectivity index (χ4n) is 3.77. The Hall–Kier alpha value is -2.34. The van der Waals surface area contributed by atoms with Gasteiger partial charge in [-0.15, -0.1) is 0 Å². The van der Waals surface area contributed by atoms with E-state index in [0.29, 0.717) is 17.3 Å². The average molecular weight is 401 g/mol. The van der Waals surface area contributed by atoms with Gasteiger partial charge in [-0.3, -0.25) is 9.10 Å². The number of carbonyl (C=O) groups excluding carboxylic acids is 1. The number of hydrogen-bond donors (Lipinski definition) is 0. The van der Waals surface area contributed by atoms with Crippen LogP contribution < -0.4 is 4.31 Å². The highest BCUT2D eigenvalue weighted by Crippen LogP contribution is 2.26. The molecule has 28 heavy (non-hydrogen) atoms. The number of sulfonamides is 1. The largest absolute Gasteiger partial charge is 0.339 e. The lowest BCUT2D eigenvalue weighted by molar-refractivity contribution is 0.0735. The number of anilines is 1. The topological polar surface area (TPSA) is 57.7 Å². The number of carbonyl (C=O) groups is 1. The van der Waals surface area contributed by atoms with Gasteiger partial charge in [0.05, 0.1) is 18.5 Å². The van der Waals surface area contributed by atoms with E-state index in [1.165, 1.54) is 23.4 Å². The van der Waals surface area contributed by atoms with Crippen molar-refractivity contribution >= 4 is 21.6 Å². The van der Waals surface area contributed by atoms with Crippen molar-refractivity contribution in [2.75, 3.05) is 17.6 Å². The molecule has 150 valence electrons. The molecule has 1 amide bonds. The Kier molecular flexibility index (Phi) is 6.08. The second kappa shape index (κ2) is 8.35. The van der Waals surface area contributed by atoms with Crippen molar-refractivity contribution in [3.63, 3.8) is 0 Å². The maximum atomic E-state index is 12.7. The quantitative estimate of drug-likeness (QED) is 0.737. The summed E-state index contributed by atoms with van der Waals surface area (Å²) in [6.07, 6.45) is 5.66. The predicted molar refractivity (Wildman–Crippen MR) is 113 cm³/mol. The normalized spacial score (nSPS) is 14.8. The molecule has 1 saturated carbocycles. The molecule has 0 heterocycles. The SMILES string of the molecule is Cc1ccccc1CN(c1ccc(C(=O)N(C)C2CCCC2)cc1)S(C)(=O)=O. The number of aryl methyl sites for hydroxylation is 1. The zero-order chi connectivity index (χ0) is 20.3. The molecular weight excluding hydrogens is 372 g/mol. The summed E-state index contributed by atoms with van der Waals surface area (Å²) in [7, 11) is -1.60. The molecule has 5 nitrogen and oxygen atoms in total. The lowest BCUT2D eigenvalue weighted by atomic mass is 10.1. The summed E-state index contributed by atoms with van der Waals surface area (Å²) < 4.78 is 26.2. The van der Waals surface area contributed by atoms with E-state index in [0.717, 1.165) is 24.0 Å². The van der Waals surface area contributed by atoms with Crippen LogP contribution in [0.5, 0.6) is 0 Å². The van der Waals surface area contributed by atoms with Gasteiger partial charge in [0.15, 0.2) is 0 Å². The van der Waals surface area contributed by atoms with Crippen LogP contribution in [0.15, 0.2) is 48.5 Å². The first kappa shape index (κ1) is 20.4. The number of benzene rings is 2. The van der Waals surface area contributed by atoms with Gasteiger partial charge in [0, 0.05) is 18.7 Å². The van der Waals surface area contributed by atoms with Gasteiger partial charge < -0.3 is 4.90 Å². The minimum Gasteiger partial charge on any atom is -0.339 e. The smallest absolute Gasteiger partial charge is 0.253 e. The Morgan fingerprint density at radius 1 is 1.04 bits per heavy atom. The molecular formula is C22H28N2O3S. The minimum atomic E-state index is -3.46. The Labute approximate surface area is 168 Å². The van der Waals surface area contributed by atoms with E-state index in [2.05, 4.69) is 0 Å². The van der Waals surface area contributed by atoms with E-state index in [4.69, 9.17) is 0 Å².